The van der Waals surface area contributed by atoms with Crippen LogP contribution in [0.5, 0.6) is 0 Å². The van der Waals surface area contributed by atoms with Gasteiger partial charge in [0.05, 0.1) is 22.7 Å². The van der Waals surface area contributed by atoms with Gasteiger partial charge in [-0.3, -0.25) is 4.79 Å². The standard InChI is InChI=1S/C13H13Cl2NO2/c14-9-2-1-8(5-10(9)15)6-16-11(12-7-18-12)3-4-13(16)17/h1-2,5,11-12H,3-4,6-7H2/t11-,12-/m0/s1. The Morgan fingerprint density at radius 2 is 2.11 bits per heavy atom. The lowest BCUT2D eigenvalue weighted by molar-refractivity contribution is -0.129. The molecule has 18 heavy (non-hydrogen) atoms. The van der Waals surface area contributed by atoms with Crippen molar-refractivity contribution in [3.05, 3.63) is 33.8 Å². The van der Waals surface area contributed by atoms with Crippen LogP contribution in [-0.2, 0) is 16.1 Å². The second-order valence-electron chi connectivity index (χ2n) is 4.75. The first-order valence-electron chi connectivity index (χ1n) is 6.00. The van der Waals surface area contributed by atoms with Crippen molar-refractivity contribution >= 4 is 29.1 Å². The first kappa shape index (κ1) is 12.3. The first-order valence-corrected chi connectivity index (χ1v) is 6.76. The molecule has 0 aromatic heterocycles. The number of carbonyl (C=O) groups excluding carboxylic acids is 1. The zero-order valence-electron chi connectivity index (χ0n) is 9.73. The van der Waals surface area contributed by atoms with E-state index in [1.54, 1.807) is 6.07 Å². The Morgan fingerprint density at radius 3 is 2.78 bits per heavy atom. The van der Waals surface area contributed by atoms with Gasteiger partial charge in [-0.1, -0.05) is 29.3 Å². The Labute approximate surface area is 116 Å². The van der Waals surface area contributed by atoms with Crippen LogP contribution in [0.2, 0.25) is 10.0 Å². The molecule has 2 heterocycles. The molecule has 1 amide bonds. The molecular formula is C13H13Cl2NO2. The Kier molecular flexibility index (Phi) is 3.22. The lowest BCUT2D eigenvalue weighted by atomic mass is 10.1. The van der Waals surface area contributed by atoms with Gasteiger partial charge in [-0.2, -0.15) is 0 Å². The minimum Gasteiger partial charge on any atom is -0.371 e. The zero-order chi connectivity index (χ0) is 12.7. The molecule has 0 saturated carbocycles. The molecule has 0 unspecified atom stereocenters. The largest absolute Gasteiger partial charge is 0.371 e. The predicted molar refractivity (Wildman–Crippen MR) is 69.8 cm³/mol. The molecule has 1 aromatic rings. The fraction of sp³-hybridized carbons (Fsp3) is 0.462. The molecule has 2 saturated heterocycles. The number of amides is 1. The van der Waals surface area contributed by atoms with Crippen LogP contribution in [-0.4, -0.2) is 29.6 Å². The molecule has 1 aromatic carbocycles. The van der Waals surface area contributed by atoms with Gasteiger partial charge in [0, 0.05) is 13.0 Å². The highest BCUT2D eigenvalue weighted by molar-refractivity contribution is 6.42. The van der Waals surface area contributed by atoms with Crippen molar-refractivity contribution in [2.45, 2.75) is 31.5 Å². The number of halogens is 2. The highest BCUT2D eigenvalue weighted by atomic mass is 35.5. The van der Waals surface area contributed by atoms with E-state index in [-0.39, 0.29) is 18.1 Å². The van der Waals surface area contributed by atoms with E-state index >= 15 is 0 Å². The molecule has 0 spiro atoms. The molecule has 0 bridgehead atoms. The van der Waals surface area contributed by atoms with Crippen LogP contribution in [0.4, 0.5) is 0 Å². The van der Waals surface area contributed by atoms with Crippen LogP contribution in [0.1, 0.15) is 18.4 Å². The topological polar surface area (TPSA) is 32.8 Å². The number of likely N-dealkylation sites (tertiary alicyclic amines) is 1. The van der Waals surface area contributed by atoms with Crippen LogP contribution in [0.25, 0.3) is 0 Å². The molecule has 2 atom stereocenters. The second kappa shape index (κ2) is 4.72. The first-order chi connectivity index (χ1) is 8.65. The summed E-state index contributed by atoms with van der Waals surface area (Å²) >= 11 is 11.9. The molecule has 3 nitrogen and oxygen atoms in total. The minimum atomic E-state index is 0.196. The average molecular weight is 286 g/mol. The lowest BCUT2D eigenvalue weighted by Gasteiger charge is -2.23. The highest BCUT2D eigenvalue weighted by Gasteiger charge is 2.42. The van der Waals surface area contributed by atoms with Crippen LogP contribution in [0, 0.1) is 0 Å². The average Bonchev–Trinajstić information content (AvgIpc) is 3.12. The Morgan fingerprint density at radius 1 is 1.33 bits per heavy atom. The fourth-order valence-electron chi connectivity index (χ4n) is 2.46. The van der Waals surface area contributed by atoms with Crippen molar-refractivity contribution in [2.75, 3.05) is 6.61 Å². The van der Waals surface area contributed by atoms with Crippen molar-refractivity contribution < 1.29 is 9.53 Å². The Balaban J connectivity index is 1.77. The van der Waals surface area contributed by atoms with Crippen LogP contribution < -0.4 is 0 Å². The maximum Gasteiger partial charge on any atom is 0.223 e. The van der Waals surface area contributed by atoms with E-state index in [0.29, 0.717) is 23.0 Å². The van der Waals surface area contributed by atoms with E-state index < -0.39 is 0 Å². The smallest absolute Gasteiger partial charge is 0.223 e. The third-order valence-corrected chi connectivity index (χ3v) is 4.24. The molecule has 0 radical (unpaired) electrons. The lowest BCUT2D eigenvalue weighted by Crippen LogP contribution is -2.36. The predicted octanol–water partition coefficient (Wildman–Crippen LogP) is 2.88. The SMILES string of the molecule is O=C1CC[C@@H]([C@@H]2CO2)N1Cc1ccc(Cl)c(Cl)c1. The molecule has 0 N–H and O–H groups in total. The number of ether oxygens (including phenoxy) is 1. The van der Waals surface area contributed by atoms with Gasteiger partial charge in [0.2, 0.25) is 5.91 Å². The van der Waals surface area contributed by atoms with Gasteiger partial charge in [-0.05, 0) is 24.1 Å². The summed E-state index contributed by atoms with van der Waals surface area (Å²) in [7, 11) is 0. The van der Waals surface area contributed by atoms with E-state index in [1.807, 2.05) is 17.0 Å². The normalized spacial score (nSPS) is 26.8. The van der Waals surface area contributed by atoms with Gasteiger partial charge in [0.1, 0.15) is 6.10 Å². The van der Waals surface area contributed by atoms with Crippen molar-refractivity contribution in [2.24, 2.45) is 0 Å². The van der Waals surface area contributed by atoms with Crippen molar-refractivity contribution in [1.82, 2.24) is 4.90 Å². The monoisotopic (exact) mass is 285 g/mol. The van der Waals surface area contributed by atoms with Crippen LogP contribution in [0.15, 0.2) is 18.2 Å². The maximum absolute atomic E-state index is 11.9. The zero-order valence-corrected chi connectivity index (χ0v) is 11.2. The summed E-state index contributed by atoms with van der Waals surface area (Å²) < 4.78 is 5.31. The summed E-state index contributed by atoms with van der Waals surface area (Å²) in [5, 5.41) is 1.07. The van der Waals surface area contributed by atoms with Gasteiger partial charge in [-0.25, -0.2) is 0 Å². The number of hydrogen-bond acceptors (Lipinski definition) is 2. The third-order valence-electron chi connectivity index (χ3n) is 3.50. The number of hydrogen-bond donors (Lipinski definition) is 0. The molecule has 5 heteroatoms. The minimum absolute atomic E-state index is 0.196. The number of epoxide rings is 1. The summed E-state index contributed by atoms with van der Waals surface area (Å²) in [6.07, 6.45) is 1.75. The Hall–Kier alpha value is -0.770. The van der Waals surface area contributed by atoms with Gasteiger partial charge in [-0.15, -0.1) is 0 Å². The maximum atomic E-state index is 11.9. The molecule has 2 aliphatic rings. The van der Waals surface area contributed by atoms with Crippen molar-refractivity contribution in [1.29, 1.82) is 0 Å². The van der Waals surface area contributed by atoms with Gasteiger partial charge >= 0.3 is 0 Å². The summed E-state index contributed by atoms with van der Waals surface area (Å²) in [5.74, 6) is 0.196. The molecule has 0 aliphatic carbocycles. The third kappa shape index (κ3) is 2.35. The van der Waals surface area contributed by atoms with Crippen molar-refractivity contribution in [3.8, 4) is 0 Å². The summed E-state index contributed by atoms with van der Waals surface area (Å²) in [4.78, 5) is 13.8. The second-order valence-corrected chi connectivity index (χ2v) is 5.56. The molecule has 2 fully saturated rings. The quantitative estimate of drug-likeness (QED) is 0.800. The molecule has 3 rings (SSSR count). The number of benzene rings is 1. The van der Waals surface area contributed by atoms with E-state index in [1.165, 1.54) is 0 Å². The van der Waals surface area contributed by atoms with Gasteiger partial charge in [0.25, 0.3) is 0 Å². The van der Waals surface area contributed by atoms with Gasteiger partial charge < -0.3 is 9.64 Å². The van der Waals surface area contributed by atoms with Crippen LogP contribution >= 0.6 is 23.2 Å². The van der Waals surface area contributed by atoms with Crippen LogP contribution in [0.3, 0.4) is 0 Å². The Bertz CT molecular complexity index is 488. The number of carbonyl (C=O) groups is 1. The summed E-state index contributed by atoms with van der Waals surface area (Å²) in [6, 6.07) is 5.72. The van der Waals surface area contributed by atoms with Gasteiger partial charge in [0.15, 0.2) is 0 Å². The van der Waals surface area contributed by atoms with Crippen molar-refractivity contribution in [3.63, 3.8) is 0 Å². The van der Waals surface area contributed by atoms with E-state index in [4.69, 9.17) is 27.9 Å². The summed E-state index contributed by atoms with van der Waals surface area (Å²) in [6.45, 7) is 1.36. The highest BCUT2D eigenvalue weighted by Crippen LogP contribution is 2.31. The number of nitrogens with zero attached hydrogens (tertiary/aromatic N) is 1. The fourth-order valence-corrected chi connectivity index (χ4v) is 2.78. The van der Waals surface area contributed by atoms with E-state index in [0.717, 1.165) is 18.6 Å². The molecule has 2 aliphatic heterocycles. The summed E-state index contributed by atoms with van der Waals surface area (Å²) in [5.41, 5.74) is 1.00. The molecular weight excluding hydrogens is 273 g/mol. The number of rotatable bonds is 3. The molecule has 96 valence electrons. The van der Waals surface area contributed by atoms with E-state index in [2.05, 4.69) is 0 Å². The van der Waals surface area contributed by atoms with E-state index in [9.17, 15) is 4.79 Å².